The summed E-state index contributed by atoms with van der Waals surface area (Å²) in [6, 6.07) is 5.01. The van der Waals surface area contributed by atoms with Gasteiger partial charge in [0.1, 0.15) is 11.5 Å². The summed E-state index contributed by atoms with van der Waals surface area (Å²) in [6.45, 7) is 2.74. The van der Waals surface area contributed by atoms with Crippen molar-refractivity contribution < 1.29 is 23.9 Å². The van der Waals surface area contributed by atoms with E-state index in [1.807, 2.05) is 24.9 Å². The predicted octanol–water partition coefficient (Wildman–Crippen LogP) is 2.33. The van der Waals surface area contributed by atoms with E-state index in [4.69, 9.17) is 14.0 Å². The van der Waals surface area contributed by atoms with Gasteiger partial charge in [-0.05, 0) is 20.0 Å². The summed E-state index contributed by atoms with van der Waals surface area (Å²) in [6.07, 6.45) is 0. The monoisotopic (exact) mass is 320 g/mol. The summed E-state index contributed by atoms with van der Waals surface area (Å²) in [5, 5.41) is 13.3. The minimum Gasteiger partial charge on any atom is -0.497 e. The summed E-state index contributed by atoms with van der Waals surface area (Å²) in [4.78, 5) is 13.5. The maximum Gasteiger partial charge on any atom is 0.336 e. The molecule has 124 valence electrons. The molecule has 0 aliphatic rings. The first-order chi connectivity index (χ1) is 10.9. The highest BCUT2D eigenvalue weighted by molar-refractivity contribution is 5.91. The summed E-state index contributed by atoms with van der Waals surface area (Å²) in [5.41, 5.74) is 1.54. The van der Waals surface area contributed by atoms with E-state index in [2.05, 4.69) is 5.16 Å². The zero-order chi connectivity index (χ0) is 17.0. The molecule has 0 bridgehead atoms. The van der Waals surface area contributed by atoms with E-state index >= 15 is 0 Å². The molecule has 1 aromatic carbocycles. The summed E-state index contributed by atoms with van der Waals surface area (Å²) < 4.78 is 15.6. The van der Waals surface area contributed by atoms with Crippen LogP contribution >= 0.6 is 0 Å². The number of benzene rings is 1. The molecule has 0 atom stereocenters. The number of rotatable bonds is 7. The van der Waals surface area contributed by atoms with Crippen LogP contribution in [-0.2, 0) is 13.1 Å². The molecular formula is C16H20N2O5. The van der Waals surface area contributed by atoms with Crippen molar-refractivity contribution in [3.8, 4) is 11.5 Å². The van der Waals surface area contributed by atoms with Gasteiger partial charge in [0.15, 0.2) is 5.76 Å². The fraction of sp³-hybridized carbons (Fsp3) is 0.375. The third-order valence-electron chi connectivity index (χ3n) is 3.40. The Labute approximate surface area is 134 Å². The third-order valence-corrected chi connectivity index (χ3v) is 3.40. The summed E-state index contributed by atoms with van der Waals surface area (Å²) in [5.74, 6) is 0.606. The second-order valence-corrected chi connectivity index (χ2v) is 5.27. The molecule has 7 nitrogen and oxygen atoms in total. The van der Waals surface area contributed by atoms with Gasteiger partial charge in [-0.15, -0.1) is 0 Å². The van der Waals surface area contributed by atoms with Gasteiger partial charge < -0.3 is 19.1 Å². The second kappa shape index (κ2) is 7.15. The van der Waals surface area contributed by atoms with Crippen LogP contribution in [0.1, 0.15) is 27.4 Å². The zero-order valence-corrected chi connectivity index (χ0v) is 13.6. The first-order valence-corrected chi connectivity index (χ1v) is 7.03. The van der Waals surface area contributed by atoms with Crippen LogP contribution in [0.25, 0.3) is 0 Å². The third kappa shape index (κ3) is 4.01. The lowest BCUT2D eigenvalue weighted by Gasteiger charge is -2.19. The van der Waals surface area contributed by atoms with Crippen molar-refractivity contribution in [1.29, 1.82) is 0 Å². The average molecular weight is 320 g/mol. The lowest BCUT2D eigenvalue weighted by molar-refractivity contribution is 0.0693. The lowest BCUT2D eigenvalue weighted by Crippen LogP contribution is -2.19. The Morgan fingerprint density at radius 1 is 1.26 bits per heavy atom. The van der Waals surface area contributed by atoms with Gasteiger partial charge in [0.25, 0.3) is 0 Å². The molecule has 0 aliphatic carbocycles. The van der Waals surface area contributed by atoms with Crippen molar-refractivity contribution in [1.82, 2.24) is 10.1 Å². The van der Waals surface area contributed by atoms with E-state index in [0.29, 0.717) is 35.9 Å². The molecule has 1 aromatic heterocycles. The van der Waals surface area contributed by atoms with E-state index in [1.54, 1.807) is 6.07 Å². The molecule has 0 amide bonds. The summed E-state index contributed by atoms with van der Waals surface area (Å²) >= 11 is 0. The highest BCUT2D eigenvalue weighted by Crippen LogP contribution is 2.30. The Bertz CT molecular complexity index is 696. The molecule has 23 heavy (non-hydrogen) atoms. The topological polar surface area (TPSA) is 85.0 Å². The van der Waals surface area contributed by atoms with Crippen LogP contribution in [-0.4, -0.2) is 42.4 Å². The van der Waals surface area contributed by atoms with E-state index in [9.17, 15) is 9.90 Å². The SMILES string of the molecule is COc1cc(OC)c(CN(C)Cc2cc(C)no2)c(C(=O)O)c1. The molecular weight excluding hydrogens is 300 g/mol. The molecule has 2 aromatic rings. The van der Waals surface area contributed by atoms with Crippen molar-refractivity contribution in [2.24, 2.45) is 0 Å². The van der Waals surface area contributed by atoms with Gasteiger partial charge in [-0.2, -0.15) is 0 Å². The molecule has 1 heterocycles. The molecule has 0 saturated carbocycles. The fourth-order valence-electron chi connectivity index (χ4n) is 2.36. The van der Waals surface area contributed by atoms with Crippen LogP contribution in [0.4, 0.5) is 0 Å². The van der Waals surface area contributed by atoms with Crippen LogP contribution in [0.2, 0.25) is 0 Å². The van der Waals surface area contributed by atoms with Crippen LogP contribution in [0.5, 0.6) is 11.5 Å². The number of ether oxygens (including phenoxy) is 2. The number of aromatic nitrogens is 1. The minimum absolute atomic E-state index is 0.154. The van der Waals surface area contributed by atoms with Gasteiger partial charge in [0.2, 0.25) is 0 Å². The molecule has 1 N–H and O–H groups in total. The number of aromatic carboxylic acids is 1. The lowest BCUT2D eigenvalue weighted by atomic mass is 10.0. The first-order valence-electron chi connectivity index (χ1n) is 7.03. The smallest absolute Gasteiger partial charge is 0.336 e. The van der Waals surface area contributed by atoms with Gasteiger partial charge in [0.05, 0.1) is 32.0 Å². The minimum atomic E-state index is -1.03. The van der Waals surface area contributed by atoms with Crippen LogP contribution in [0.3, 0.4) is 0 Å². The van der Waals surface area contributed by atoms with Crippen molar-refractivity contribution in [3.63, 3.8) is 0 Å². The Hall–Kier alpha value is -2.54. The van der Waals surface area contributed by atoms with E-state index in [1.165, 1.54) is 20.3 Å². The largest absolute Gasteiger partial charge is 0.497 e. The summed E-state index contributed by atoms with van der Waals surface area (Å²) in [7, 11) is 4.86. The predicted molar refractivity (Wildman–Crippen MR) is 82.9 cm³/mol. The van der Waals surface area contributed by atoms with Gasteiger partial charge in [0, 0.05) is 24.2 Å². The number of aryl methyl sites for hydroxylation is 1. The number of carboxylic acid groups (broad SMARTS) is 1. The quantitative estimate of drug-likeness (QED) is 0.838. The average Bonchev–Trinajstić information content (AvgIpc) is 2.91. The number of nitrogens with zero attached hydrogens (tertiary/aromatic N) is 2. The van der Waals surface area contributed by atoms with Crippen molar-refractivity contribution in [3.05, 3.63) is 40.8 Å². The van der Waals surface area contributed by atoms with E-state index < -0.39 is 5.97 Å². The van der Waals surface area contributed by atoms with Crippen molar-refractivity contribution >= 4 is 5.97 Å². The van der Waals surface area contributed by atoms with Crippen LogP contribution in [0.15, 0.2) is 22.7 Å². The Balaban J connectivity index is 2.28. The van der Waals surface area contributed by atoms with E-state index in [-0.39, 0.29) is 5.56 Å². The molecule has 0 saturated heterocycles. The number of hydrogen-bond acceptors (Lipinski definition) is 6. The standard InChI is InChI=1S/C16H20N2O5/c1-10-5-12(23-17-10)8-18(2)9-14-13(16(19)20)6-11(21-3)7-15(14)22-4/h5-7H,8-9H2,1-4H3,(H,19,20). The van der Waals surface area contributed by atoms with Crippen molar-refractivity contribution in [2.75, 3.05) is 21.3 Å². The number of carboxylic acids is 1. The molecule has 0 spiro atoms. The Morgan fingerprint density at radius 2 is 2.00 bits per heavy atom. The van der Waals surface area contributed by atoms with Crippen LogP contribution in [0, 0.1) is 6.92 Å². The van der Waals surface area contributed by atoms with Gasteiger partial charge in [-0.1, -0.05) is 5.16 Å². The van der Waals surface area contributed by atoms with Crippen molar-refractivity contribution in [2.45, 2.75) is 20.0 Å². The normalized spacial score (nSPS) is 10.8. The maximum absolute atomic E-state index is 11.5. The molecule has 7 heteroatoms. The van der Waals surface area contributed by atoms with E-state index in [0.717, 1.165) is 5.69 Å². The number of hydrogen-bond donors (Lipinski definition) is 1. The zero-order valence-electron chi connectivity index (χ0n) is 13.6. The fourth-order valence-corrected chi connectivity index (χ4v) is 2.36. The maximum atomic E-state index is 11.5. The Kier molecular flexibility index (Phi) is 5.23. The van der Waals surface area contributed by atoms with Crippen LogP contribution < -0.4 is 9.47 Å². The van der Waals surface area contributed by atoms with Gasteiger partial charge in [-0.25, -0.2) is 4.79 Å². The first kappa shape index (κ1) is 16.8. The van der Waals surface area contributed by atoms with Gasteiger partial charge in [-0.3, -0.25) is 4.90 Å². The van der Waals surface area contributed by atoms with Gasteiger partial charge >= 0.3 is 5.97 Å². The number of methoxy groups -OCH3 is 2. The molecule has 0 radical (unpaired) electrons. The second-order valence-electron chi connectivity index (χ2n) is 5.27. The number of carbonyl (C=O) groups is 1. The molecule has 0 unspecified atom stereocenters. The molecule has 2 rings (SSSR count). The highest BCUT2D eigenvalue weighted by atomic mass is 16.5. The molecule has 0 aliphatic heterocycles. The Morgan fingerprint density at radius 3 is 2.52 bits per heavy atom. The molecule has 0 fully saturated rings. The highest BCUT2D eigenvalue weighted by Gasteiger charge is 2.19.